The molecule has 0 aliphatic heterocycles. The summed E-state index contributed by atoms with van der Waals surface area (Å²) in [4.78, 5) is 26.2. The second kappa shape index (κ2) is 8.54. The summed E-state index contributed by atoms with van der Waals surface area (Å²) in [5.41, 5.74) is 2.64. The summed E-state index contributed by atoms with van der Waals surface area (Å²) in [6.45, 7) is 3.44. The molecule has 0 bridgehead atoms. The number of hydrogen-bond acceptors (Lipinski definition) is 6. The minimum atomic E-state index is -3.67. The van der Waals surface area contributed by atoms with Crippen molar-refractivity contribution in [3.8, 4) is 0 Å². The number of sulfonamides is 1. The summed E-state index contributed by atoms with van der Waals surface area (Å²) in [5, 5.41) is 3.17. The van der Waals surface area contributed by atoms with Gasteiger partial charge in [0.25, 0.3) is 0 Å². The van der Waals surface area contributed by atoms with E-state index >= 15 is 0 Å². The summed E-state index contributed by atoms with van der Waals surface area (Å²) in [7, 11) is -3.67. The van der Waals surface area contributed by atoms with Crippen LogP contribution in [0.25, 0.3) is 0 Å². The molecule has 1 aliphatic rings. The van der Waals surface area contributed by atoms with Gasteiger partial charge in [-0.1, -0.05) is 12.1 Å². The highest BCUT2D eigenvalue weighted by Crippen LogP contribution is 2.39. The predicted octanol–water partition coefficient (Wildman–Crippen LogP) is 3.13. The molecule has 2 aromatic rings. The number of carbonyl (C=O) groups excluding carboxylic acids is 2. The van der Waals surface area contributed by atoms with Gasteiger partial charge in [0, 0.05) is 4.88 Å². The van der Waals surface area contributed by atoms with Crippen LogP contribution in [0.1, 0.15) is 39.7 Å². The quantitative estimate of drug-likeness (QED) is 0.673. The fourth-order valence-electron chi connectivity index (χ4n) is 3.39. The Kier molecular flexibility index (Phi) is 6.28. The lowest BCUT2D eigenvalue weighted by Gasteiger charge is -2.22. The van der Waals surface area contributed by atoms with Crippen LogP contribution >= 0.6 is 11.3 Å². The number of hydrogen-bond donors (Lipinski definition) is 1. The molecule has 1 aromatic carbocycles. The van der Waals surface area contributed by atoms with Crippen LogP contribution in [0.15, 0.2) is 24.3 Å². The molecule has 0 radical (unpaired) electrons. The Hall–Kier alpha value is -2.39. The van der Waals surface area contributed by atoms with Gasteiger partial charge in [-0.2, -0.15) is 0 Å². The molecule has 1 amide bonds. The molecule has 3 rings (SSSR count). The van der Waals surface area contributed by atoms with Crippen molar-refractivity contribution in [1.29, 1.82) is 0 Å². The van der Waals surface area contributed by atoms with Crippen molar-refractivity contribution in [1.82, 2.24) is 0 Å². The smallest absolute Gasteiger partial charge is 0.341 e. The molecular weight excluding hydrogens is 412 g/mol. The second-order valence-electron chi connectivity index (χ2n) is 6.94. The van der Waals surface area contributed by atoms with Crippen LogP contribution in [0.4, 0.5) is 10.7 Å². The van der Waals surface area contributed by atoms with Crippen LogP contribution in [-0.4, -0.2) is 39.7 Å². The number of rotatable bonds is 7. The van der Waals surface area contributed by atoms with Gasteiger partial charge in [0.1, 0.15) is 11.5 Å². The first-order chi connectivity index (χ1) is 13.7. The van der Waals surface area contributed by atoms with Gasteiger partial charge in [-0.15, -0.1) is 11.3 Å². The van der Waals surface area contributed by atoms with Crippen molar-refractivity contribution in [3.05, 3.63) is 45.8 Å². The van der Waals surface area contributed by atoms with Gasteiger partial charge in [-0.05, 0) is 56.4 Å². The number of aryl methyl sites for hydroxylation is 2. The van der Waals surface area contributed by atoms with E-state index in [1.807, 2.05) is 13.0 Å². The largest absolute Gasteiger partial charge is 0.462 e. The number of fused-ring (bicyclic) bond motifs is 1. The maximum atomic E-state index is 12.7. The number of benzene rings is 1. The lowest BCUT2D eigenvalue weighted by molar-refractivity contribution is -0.114. The zero-order valence-electron chi connectivity index (χ0n) is 16.6. The molecule has 156 valence electrons. The molecule has 0 unspecified atom stereocenters. The molecule has 0 saturated heterocycles. The van der Waals surface area contributed by atoms with Gasteiger partial charge in [0.05, 0.1) is 24.1 Å². The predicted molar refractivity (Wildman–Crippen MR) is 114 cm³/mol. The minimum absolute atomic E-state index is 0.242. The average molecular weight is 437 g/mol. The lowest BCUT2D eigenvalue weighted by atomic mass is 10.1. The second-order valence-corrected chi connectivity index (χ2v) is 9.95. The lowest BCUT2D eigenvalue weighted by Crippen LogP contribution is -2.37. The molecule has 0 fully saturated rings. The molecule has 29 heavy (non-hydrogen) atoms. The van der Waals surface area contributed by atoms with Crippen molar-refractivity contribution in [2.75, 3.05) is 29.0 Å². The maximum absolute atomic E-state index is 12.7. The van der Waals surface area contributed by atoms with Gasteiger partial charge in [-0.25, -0.2) is 13.2 Å². The van der Waals surface area contributed by atoms with E-state index in [1.54, 1.807) is 25.1 Å². The van der Waals surface area contributed by atoms with E-state index in [0.29, 0.717) is 16.3 Å². The first-order valence-corrected chi connectivity index (χ1v) is 12.0. The first-order valence-electron chi connectivity index (χ1n) is 9.36. The Morgan fingerprint density at radius 2 is 2.03 bits per heavy atom. The van der Waals surface area contributed by atoms with E-state index in [4.69, 9.17) is 4.74 Å². The fourth-order valence-corrected chi connectivity index (χ4v) is 5.53. The number of esters is 1. The number of nitrogens with zero attached hydrogens (tertiary/aromatic N) is 1. The normalized spacial score (nSPS) is 13.1. The van der Waals surface area contributed by atoms with Gasteiger partial charge < -0.3 is 10.1 Å². The number of anilines is 2. The van der Waals surface area contributed by atoms with Crippen molar-refractivity contribution < 1.29 is 22.7 Å². The topological polar surface area (TPSA) is 92.8 Å². The van der Waals surface area contributed by atoms with Gasteiger partial charge in [0.15, 0.2) is 0 Å². The average Bonchev–Trinajstić information content (AvgIpc) is 3.19. The highest BCUT2D eigenvalue weighted by atomic mass is 32.2. The van der Waals surface area contributed by atoms with Gasteiger partial charge >= 0.3 is 5.97 Å². The summed E-state index contributed by atoms with van der Waals surface area (Å²) >= 11 is 1.36. The van der Waals surface area contributed by atoms with Crippen molar-refractivity contribution in [2.24, 2.45) is 0 Å². The SMILES string of the molecule is CCOC(=O)c1c(NC(=O)CN(c2cccc(C)c2)S(C)(=O)=O)sc2c1CCC2. The molecule has 1 aromatic heterocycles. The van der Waals surface area contributed by atoms with E-state index in [-0.39, 0.29) is 13.2 Å². The fraction of sp³-hybridized carbons (Fsp3) is 0.400. The molecular formula is C20H24N2O5S2. The summed E-state index contributed by atoms with van der Waals surface area (Å²) in [6.07, 6.45) is 3.67. The van der Waals surface area contributed by atoms with E-state index in [0.717, 1.165) is 45.8 Å². The van der Waals surface area contributed by atoms with Crippen LogP contribution in [0.5, 0.6) is 0 Å². The highest BCUT2D eigenvalue weighted by Gasteiger charge is 2.29. The molecule has 0 spiro atoms. The molecule has 1 aliphatic carbocycles. The van der Waals surface area contributed by atoms with Crippen molar-refractivity contribution >= 4 is 43.9 Å². The Bertz CT molecular complexity index is 1040. The van der Waals surface area contributed by atoms with E-state index in [9.17, 15) is 18.0 Å². The molecule has 7 nitrogen and oxygen atoms in total. The Morgan fingerprint density at radius 1 is 1.28 bits per heavy atom. The highest BCUT2D eigenvalue weighted by molar-refractivity contribution is 7.92. The summed E-state index contributed by atoms with van der Waals surface area (Å²) < 4.78 is 30.8. The third-order valence-electron chi connectivity index (χ3n) is 4.63. The van der Waals surface area contributed by atoms with Crippen LogP contribution in [-0.2, 0) is 32.4 Å². The summed E-state index contributed by atoms with van der Waals surface area (Å²) in [5.74, 6) is -0.969. The van der Waals surface area contributed by atoms with E-state index in [2.05, 4.69) is 5.32 Å². The third-order valence-corrected chi connectivity index (χ3v) is 6.98. The Morgan fingerprint density at radius 3 is 2.69 bits per heavy atom. The van der Waals surface area contributed by atoms with Crippen LogP contribution in [0.2, 0.25) is 0 Å². The monoisotopic (exact) mass is 436 g/mol. The Balaban J connectivity index is 1.85. The molecule has 9 heteroatoms. The number of nitrogens with one attached hydrogen (secondary N) is 1. The minimum Gasteiger partial charge on any atom is -0.462 e. The number of thiophene rings is 1. The third kappa shape index (κ3) is 4.79. The molecule has 0 atom stereocenters. The zero-order valence-corrected chi connectivity index (χ0v) is 18.3. The van der Waals surface area contributed by atoms with Crippen LogP contribution < -0.4 is 9.62 Å². The number of carbonyl (C=O) groups is 2. The van der Waals surface area contributed by atoms with Gasteiger partial charge in [-0.3, -0.25) is 9.10 Å². The zero-order chi connectivity index (χ0) is 21.2. The number of amides is 1. The van der Waals surface area contributed by atoms with Gasteiger partial charge in [0.2, 0.25) is 15.9 Å². The standard InChI is InChI=1S/C20H24N2O5S2/c1-4-27-20(24)18-15-9-6-10-16(15)28-19(18)21-17(23)12-22(29(3,25)26)14-8-5-7-13(2)11-14/h5,7-8,11H,4,6,9-10,12H2,1-3H3,(H,21,23). The van der Waals surface area contributed by atoms with E-state index in [1.165, 1.54) is 11.3 Å². The molecule has 0 saturated carbocycles. The van der Waals surface area contributed by atoms with Crippen molar-refractivity contribution in [2.45, 2.75) is 33.1 Å². The van der Waals surface area contributed by atoms with Crippen molar-refractivity contribution in [3.63, 3.8) is 0 Å². The van der Waals surface area contributed by atoms with E-state index < -0.39 is 21.9 Å². The maximum Gasteiger partial charge on any atom is 0.341 e. The Labute approximate surface area is 174 Å². The first kappa shape index (κ1) is 21.3. The van der Waals surface area contributed by atoms with Crippen LogP contribution in [0.3, 0.4) is 0 Å². The summed E-state index contributed by atoms with van der Waals surface area (Å²) in [6, 6.07) is 6.94. The number of ether oxygens (including phenoxy) is 1. The molecule has 1 N–H and O–H groups in total. The molecule has 1 heterocycles. The van der Waals surface area contributed by atoms with Crippen LogP contribution in [0, 0.1) is 6.92 Å².